The molecular weight excluding hydrogens is 316 g/mol. The van der Waals surface area contributed by atoms with Gasteiger partial charge >= 0.3 is 0 Å². The number of methoxy groups -OCH3 is 1. The fourth-order valence-corrected chi connectivity index (χ4v) is 2.91. The Labute approximate surface area is 148 Å². The maximum Gasteiger partial charge on any atom is 0.255 e. The number of piperazine rings is 1. The number of ether oxygens (including phenoxy) is 1. The highest BCUT2D eigenvalue weighted by atomic mass is 16.5. The first-order valence-electron chi connectivity index (χ1n) is 8.54. The van der Waals surface area contributed by atoms with Crippen molar-refractivity contribution in [2.24, 2.45) is 0 Å². The standard InChI is InChI=1S/C19H24N4O2/c1-25-15-14-22-10-12-23(13-11-22)18-4-2-17(3-5-18)21-19(24)16-6-8-20-9-7-16/h2-9H,10-15H2,1H3,(H,21,24). The highest BCUT2D eigenvalue weighted by Gasteiger charge is 2.16. The second-order valence-corrected chi connectivity index (χ2v) is 6.06. The lowest BCUT2D eigenvalue weighted by Crippen LogP contribution is -2.47. The van der Waals surface area contributed by atoms with Gasteiger partial charge in [0.1, 0.15) is 0 Å². The molecule has 6 heteroatoms. The van der Waals surface area contributed by atoms with E-state index in [1.807, 2.05) is 12.1 Å². The summed E-state index contributed by atoms with van der Waals surface area (Å²) in [7, 11) is 1.74. The maximum atomic E-state index is 12.2. The maximum absolute atomic E-state index is 12.2. The van der Waals surface area contributed by atoms with E-state index < -0.39 is 0 Å². The average molecular weight is 340 g/mol. The SMILES string of the molecule is COCCN1CCN(c2ccc(NC(=O)c3ccncc3)cc2)CC1. The van der Waals surface area contributed by atoms with Crippen molar-refractivity contribution >= 4 is 17.3 Å². The molecule has 1 aliphatic heterocycles. The summed E-state index contributed by atoms with van der Waals surface area (Å²) in [6, 6.07) is 11.4. The summed E-state index contributed by atoms with van der Waals surface area (Å²) in [5, 5.41) is 2.91. The van der Waals surface area contributed by atoms with E-state index in [0.29, 0.717) is 5.56 Å². The number of hydrogen-bond acceptors (Lipinski definition) is 5. The Balaban J connectivity index is 1.53. The number of nitrogens with zero attached hydrogens (tertiary/aromatic N) is 3. The van der Waals surface area contributed by atoms with E-state index in [1.165, 1.54) is 5.69 Å². The minimum atomic E-state index is -0.123. The molecule has 1 fully saturated rings. The van der Waals surface area contributed by atoms with Gasteiger partial charge in [0, 0.05) is 69.2 Å². The Kier molecular flexibility index (Phi) is 5.98. The molecule has 0 unspecified atom stereocenters. The molecule has 132 valence electrons. The summed E-state index contributed by atoms with van der Waals surface area (Å²) in [6.45, 7) is 5.88. The van der Waals surface area contributed by atoms with Gasteiger partial charge in [0.2, 0.25) is 0 Å². The second-order valence-electron chi connectivity index (χ2n) is 6.06. The third-order valence-corrected chi connectivity index (χ3v) is 4.42. The molecule has 2 heterocycles. The third kappa shape index (κ3) is 4.78. The van der Waals surface area contributed by atoms with Gasteiger partial charge in [-0.1, -0.05) is 0 Å². The predicted molar refractivity (Wildman–Crippen MR) is 99.2 cm³/mol. The van der Waals surface area contributed by atoms with E-state index in [-0.39, 0.29) is 5.91 Å². The zero-order chi connectivity index (χ0) is 17.5. The van der Waals surface area contributed by atoms with E-state index in [4.69, 9.17) is 4.74 Å². The minimum absolute atomic E-state index is 0.123. The molecule has 0 radical (unpaired) electrons. The van der Waals surface area contributed by atoms with Gasteiger partial charge in [0.25, 0.3) is 5.91 Å². The van der Waals surface area contributed by atoms with Gasteiger partial charge in [-0.15, -0.1) is 0 Å². The number of benzene rings is 1. The van der Waals surface area contributed by atoms with Crippen LogP contribution in [0.3, 0.4) is 0 Å². The van der Waals surface area contributed by atoms with E-state index in [9.17, 15) is 4.79 Å². The lowest BCUT2D eigenvalue weighted by atomic mass is 10.2. The first kappa shape index (κ1) is 17.4. The van der Waals surface area contributed by atoms with Crippen molar-refractivity contribution in [3.8, 4) is 0 Å². The molecule has 0 atom stereocenters. The summed E-state index contributed by atoms with van der Waals surface area (Å²) in [5.41, 5.74) is 2.59. The normalized spacial score (nSPS) is 15.2. The van der Waals surface area contributed by atoms with Gasteiger partial charge in [-0.05, 0) is 36.4 Å². The molecule has 0 aliphatic carbocycles. The number of amides is 1. The Morgan fingerprint density at radius 2 is 1.76 bits per heavy atom. The monoisotopic (exact) mass is 340 g/mol. The van der Waals surface area contributed by atoms with Crippen molar-refractivity contribution in [3.63, 3.8) is 0 Å². The van der Waals surface area contributed by atoms with Crippen molar-refractivity contribution < 1.29 is 9.53 Å². The van der Waals surface area contributed by atoms with Crippen LogP contribution in [0.5, 0.6) is 0 Å². The van der Waals surface area contributed by atoms with Crippen LogP contribution in [0.1, 0.15) is 10.4 Å². The van der Waals surface area contributed by atoms with Crippen LogP contribution in [0, 0.1) is 0 Å². The van der Waals surface area contributed by atoms with Crippen LogP contribution in [0.25, 0.3) is 0 Å². The first-order chi connectivity index (χ1) is 12.3. The van der Waals surface area contributed by atoms with Gasteiger partial charge in [-0.3, -0.25) is 14.7 Å². The molecule has 6 nitrogen and oxygen atoms in total. The minimum Gasteiger partial charge on any atom is -0.383 e. The molecule has 0 spiro atoms. The quantitative estimate of drug-likeness (QED) is 0.873. The van der Waals surface area contributed by atoms with Gasteiger partial charge in [-0.2, -0.15) is 0 Å². The lowest BCUT2D eigenvalue weighted by molar-refractivity contribution is 0.102. The van der Waals surface area contributed by atoms with Crippen LogP contribution in [0.2, 0.25) is 0 Å². The zero-order valence-electron chi connectivity index (χ0n) is 14.5. The van der Waals surface area contributed by atoms with Crippen LogP contribution >= 0.6 is 0 Å². The highest BCUT2D eigenvalue weighted by Crippen LogP contribution is 2.20. The van der Waals surface area contributed by atoms with E-state index in [2.05, 4.69) is 32.2 Å². The second kappa shape index (κ2) is 8.60. The van der Waals surface area contributed by atoms with Gasteiger partial charge in [0.05, 0.1) is 6.61 Å². The molecule has 0 bridgehead atoms. The van der Waals surface area contributed by atoms with Crippen molar-refractivity contribution in [1.82, 2.24) is 9.88 Å². The number of nitrogens with one attached hydrogen (secondary N) is 1. The molecule has 1 N–H and O–H groups in total. The summed E-state index contributed by atoms with van der Waals surface area (Å²) in [4.78, 5) is 20.9. The summed E-state index contributed by atoms with van der Waals surface area (Å²) < 4.78 is 5.14. The van der Waals surface area contributed by atoms with Crippen molar-refractivity contribution in [3.05, 3.63) is 54.4 Å². The average Bonchev–Trinajstić information content (AvgIpc) is 2.68. The Hall–Kier alpha value is -2.44. The predicted octanol–water partition coefficient (Wildman–Crippen LogP) is 2.10. The highest BCUT2D eigenvalue weighted by molar-refractivity contribution is 6.04. The fourth-order valence-electron chi connectivity index (χ4n) is 2.91. The first-order valence-corrected chi connectivity index (χ1v) is 8.54. The van der Waals surface area contributed by atoms with Crippen LogP contribution < -0.4 is 10.2 Å². The number of carbonyl (C=O) groups excluding carboxylic acids is 1. The van der Waals surface area contributed by atoms with E-state index >= 15 is 0 Å². The molecule has 2 aromatic rings. The Bertz CT molecular complexity index is 668. The smallest absolute Gasteiger partial charge is 0.255 e. The molecule has 1 aromatic carbocycles. The molecule has 0 saturated carbocycles. The Morgan fingerprint density at radius 3 is 2.40 bits per heavy atom. The van der Waals surface area contributed by atoms with Crippen LogP contribution in [-0.4, -0.2) is 62.2 Å². The fraction of sp³-hybridized carbons (Fsp3) is 0.368. The Morgan fingerprint density at radius 1 is 1.08 bits per heavy atom. The van der Waals surface area contributed by atoms with Gasteiger partial charge < -0.3 is 15.0 Å². The molecular formula is C19H24N4O2. The number of aromatic nitrogens is 1. The van der Waals surface area contributed by atoms with Crippen LogP contribution in [0.15, 0.2) is 48.8 Å². The molecule has 1 amide bonds. The number of hydrogen-bond donors (Lipinski definition) is 1. The summed E-state index contributed by atoms with van der Waals surface area (Å²) in [5.74, 6) is -0.123. The van der Waals surface area contributed by atoms with E-state index in [1.54, 1.807) is 31.6 Å². The summed E-state index contributed by atoms with van der Waals surface area (Å²) >= 11 is 0. The van der Waals surface area contributed by atoms with Crippen LogP contribution in [-0.2, 0) is 4.74 Å². The molecule has 1 saturated heterocycles. The topological polar surface area (TPSA) is 57.7 Å². The lowest BCUT2D eigenvalue weighted by Gasteiger charge is -2.36. The van der Waals surface area contributed by atoms with Crippen molar-refractivity contribution in [2.45, 2.75) is 0 Å². The third-order valence-electron chi connectivity index (χ3n) is 4.42. The largest absolute Gasteiger partial charge is 0.383 e. The van der Waals surface area contributed by atoms with Crippen molar-refractivity contribution in [2.75, 3.05) is 56.7 Å². The number of anilines is 2. The zero-order valence-corrected chi connectivity index (χ0v) is 14.5. The molecule has 3 rings (SSSR count). The van der Waals surface area contributed by atoms with Crippen LogP contribution in [0.4, 0.5) is 11.4 Å². The van der Waals surface area contributed by atoms with Gasteiger partial charge in [-0.25, -0.2) is 0 Å². The number of rotatable bonds is 6. The summed E-state index contributed by atoms with van der Waals surface area (Å²) in [6.07, 6.45) is 3.23. The van der Waals surface area contributed by atoms with E-state index in [0.717, 1.165) is 45.0 Å². The van der Waals surface area contributed by atoms with Gasteiger partial charge in [0.15, 0.2) is 0 Å². The molecule has 1 aromatic heterocycles. The number of carbonyl (C=O) groups is 1. The molecule has 25 heavy (non-hydrogen) atoms. The molecule has 1 aliphatic rings. The van der Waals surface area contributed by atoms with Crippen molar-refractivity contribution in [1.29, 1.82) is 0 Å². The number of pyridine rings is 1.